The lowest BCUT2D eigenvalue weighted by atomic mass is 9.94. The predicted octanol–water partition coefficient (Wildman–Crippen LogP) is 3.36. The Morgan fingerprint density at radius 3 is 3.05 bits per heavy atom. The number of likely N-dealkylation sites (tertiary alicyclic amines) is 1. The SMILES string of the molecule is CCOc1cc(Cl)ccc1NC(=O)N1CCCC(C(C)O)C1. The Morgan fingerprint density at radius 2 is 2.36 bits per heavy atom. The molecule has 1 aromatic rings. The molecule has 122 valence electrons. The molecule has 1 fully saturated rings. The van der Waals surface area contributed by atoms with E-state index in [1.165, 1.54) is 0 Å². The van der Waals surface area contributed by atoms with E-state index in [0.717, 1.165) is 12.8 Å². The normalized spacial score (nSPS) is 19.6. The Balaban J connectivity index is 2.05. The topological polar surface area (TPSA) is 61.8 Å². The summed E-state index contributed by atoms with van der Waals surface area (Å²) in [7, 11) is 0. The molecule has 1 aromatic carbocycles. The number of hydrogen-bond donors (Lipinski definition) is 2. The fraction of sp³-hybridized carbons (Fsp3) is 0.562. The summed E-state index contributed by atoms with van der Waals surface area (Å²) in [4.78, 5) is 14.2. The Hall–Kier alpha value is -1.46. The van der Waals surface area contributed by atoms with E-state index < -0.39 is 6.10 Å². The van der Waals surface area contributed by atoms with Crippen LogP contribution in [0, 0.1) is 5.92 Å². The number of hydrogen-bond acceptors (Lipinski definition) is 3. The Kier molecular flexibility index (Phi) is 5.91. The molecule has 0 aliphatic carbocycles. The minimum atomic E-state index is -0.398. The first-order valence-electron chi connectivity index (χ1n) is 7.67. The summed E-state index contributed by atoms with van der Waals surface area (Å²) >= 11 is 5.96. The number of amides is 2. The molecule has 2 atom stereocenters. The van der Waals surface area contributed by atoms with Gasteiger partial charge in [0.2, 0.25) is 0 Å². The molecule has 2 amide bonds. The van der Waals surface area contributed by atoms with Gasteiger partial charge in [-0.3, -0.25) is 0 Å². The maximum atomic E-state index is 12.4. The highest BCUT2D eigenvalue weighted by Gasteiger charge is 2.26. The molecule has 1 heterocycles. The van der Waals surface area contributed by atoms with Gasteiger partial charge in [-0.05, 0) is 38.8 Å². The average Bonchev–Trinajstić information content (AvgIpc) is 2.50. The number of ether oxygens (including phenoxy) is 1. The molecule has 0 bridgehead atoms. The molecule has 6 heteroatoms. The van der Waals surface area contributed by atoms with Crippen molar-refractivity contribution in [1.82, 2.24) is 4.90 Å². The number of piperidine rings is 1. The van der Waals surface area contributed by atoms with Crippen molar-refractivity contribution >= 4 is 23.3 Å². The third-order valence-corrected chi connectivity index (χ3v) is 4.15. The average molecular weight is 327 g/mol. The van der Waals surface area contributed by atoms with Crippen LogP contribution in [-0.4, -0.2) is 41.8 Å². The summed E-state index contributed by atoms with van der Waals surface area (Å²) in [6.45, 7) is 5.42. The molecule has 1 aliphatic rings. The monoisotopic (exact) mass is 326 g/mol. The zero-order valence-electron chi connectivity index (χ0n) is 13.0. The van der Waals surface area contributed by atoms with Gasteiger partial charge in [0.05, 0.1) is 18.4 Å². The van der Waals surface area contributed by atoms with Crippen LogP contribution in [0.5, 0.6) is 5.75 Å². The van der Waals surface area contributed by atoms with Crippen LogP contribution < -0.4 is 10.1 Å². The van der Waals surface area contributed by atoms with Gasteiger partial charge in [-0.1, -0.05) is 11.6 Å². The lowest BCUT2D eigenvalue weighted by Gasteiger charge is -2.34. The van der Waals surface area contributed by atoms with Crippen molar-refractivity contribution in [1.29, 1.82) is 0 Å². The van der Waals surface area contributed by atoms with Crippen molar-refractivity contribution < 1.29 is 14.6 Å². The maximum Gasteiger partial charge on any atom is 0.321 e. The second kappa shape index (κ2) is 7.70. The van der Waals surface area contributed by atoms with Crippen LogP contribution in [0.25, 0.3) is 0 Å². The van der Waals surface area contributed by atoms with E-state index >= 15 is 0 Å². The number of carbonyl (C=O) groups is 1. The highest BCUT2D eigenvalue weighted by atomic mass is 35.5. The third kappa shape index (κ3) is 4.27. The van der Waals surface area contributed by atoms with E-state index in [2.05, 4.69) is 5.32 Å². The van der Waals surface area contributed by atoms with Crippen molar-refractivity contribution in [3.8, 4) is 5.75 Å². The van der Waals surface area contributed by atoms with Crippen LogP contribution in [0.15, 0.2) is 18.2 Å². The summed E-state index contributed by atoms with van der Waals surface area (Å²) in [6.07, 6.45) is 1.46. The van der Waals surface area contributed by atoms with Gasteiger partial charge in [-0.25, -0.2) is 4.79 Å². The first kappa shape index (κ1) is 16.9. The molecule has 0 saturated carbocycles. The molecule has 2 rings (SSSR count). The highest BCUT2D eigenvalue weighted by Crippen LogP contribution is 2.29. The fourth-order valence-corrected chi connectivity index (χ4v) is 2.82. The number of rotatable bonds is 4. The number of halogens is 1. The number of aliphatic hydroxyl groups is 1. The van der Waals surface area contributed by atoms with E-state index in [0.29, 0.717) is 36.2 Å². The van der Waals surface area contributed by atoms with Gasteiger partial charge in [0.25, 0.3) is 0 Å². The second-order valence-electron chi connectivity index (χ2n) is 5.59. The van der Waals surface area contributed by atoms with Crippen LogP contribution in [-0.2, 0) is 0 Å². The summed E-state index contributed by atoms with van der Waals surface area (Å²) in [5.41, 5.74) is 0.607. The van der Waals surface area contributed by atoms with E-state index in [-0.39, 0.29) is 11.9 Å². The minimum absolute atomic E-state index is 0.135. The fourth-order valence-electron chi connectivity index (χ4n) is 2.66. The number of aliphatic hydroxyl groups excluding tert-OH is 1. The van der Waals surface area contributed by atoms with Gasteiger partial charge >= 0.3 is 6.03 Å². The molecule has 0 spiro atoms. The minimum Gasteiger partial charge on any atom is -0.492 e. The van der Waals surface area contributed by atoms with Crippen molar-refractivity contribution in [2.24, 2.45) is 5.92 Å². The lowest BCUT2D eigenvalue weighted by molar-refractivity contribution is 0.0766. The number of benzene rings is 1. The van der Waals surface area contributed by atoms with Crippen LogP contribution in [0.2, 0.25) is 5.02 Å². The first-order chi connectivity index (χ1) is 10.5. The van der Waals surface area contributed by atoms with Crippen LogP contribution in [0.4, 0.5) is 10.5 Å². The van der Waals surface area contributed by atoms with Gasteiger partial charge in [0.15, 0.2) is 0 Å². The summed E-state index contributed by atoms with van der Waals surface area (Å²) in [5.74, 6) is 0.698. The highest BCUT2D eigenvalue weighted by molar-refractivity contribution is 6.30. The molecular weight excluding hydrogens is 304 g/mol. The molecule has 1 saturated heterocycles. The van der Waals surface area contributed by atoms with Crippen molar-refractivity contribution in [2.75, 3.05) is 25.0 Å². The molecule has 2 unspecified atom stereocenters. The van der Waals surface area contributed by atoms with Crippen LogP contribution in [0.1, 0.15) is 26.7 Å². The summed E-state index contributed by atoms with van der Waals surface area (Å²) in [6, 6.07) is 4.97. The zero-order valence-corrected chi connectivity index (χ0v) is 13.8. The summed E-state index contributed by atoms with van der Waals surface area (Å²) < 4.78 is 5.51. The molecule has 0 aromatic heterocycles. The van der Waals surface area contributed by atoms with E-state index in [9.17, 15) is 9.90 Å². The van der Waals surface area contributed by atoms with E-state index in [1.807, 2.05) is 6.92 Å². The number of urea groups is 1. The predicted molar refractivity (Wildman–Crippen MR) is 87.6 cm³/mol. The summed E-state index contributed by atoms with van der Waals surface area (Å²) in [5, 5.41) is 13.2. The largest absolute Gasteiger partial charge is 0.492 e. The van der Waals surface area contributed by atoms with Crippen molar-refractivity contribution in [2.45, 2.75) is 32.8 Å². The third-order valence-electron chi connectivity index (χ3n) is 3.91. The molecule has 2 N–H and O–H groups in total. The van der Waals surface area contributed by atoms with Crippen LogP contribution >= 0.6 is 11.6 Å². The lowest BCUT2D eigenvalue weighted by Crippen LogP contribution is -2.44. The number of nitrogens with one attached hydrogen (secondary N) is 1. The Morgan fingerprint density at radius 1 is 1.59 bits per heavy atom. The molecule has 1 aliphatic heterocycles. The maximum absolute atomic E-state index is 12.4. The van der Waals surface area contributed by atoms with Gasteiger partial charge in [0, 0.05) is 30.1 Å². The van der Waals surface area contributed by atoms with Crippen molar-refractivity contribution in [3.05, 3.63) is 23.2 Å². The van der Waals surface area contributed by atoms with Gasteiger partial charge in [-0.2, -0.15) is 0 Å². The first-order valence-corrected chi connectivity index (χ1v) is 8.05. The Labute approximate surface area is 136 Å². The van der Waals surface area contributed by atoms with E-state index in [1.54, 1.807) is 30.0 Å². The molecule has 5 nitrogen and oxygen atoms in total. The van der Waals surface area contributed by atoms with Crippen molar-refractivity contribution in [3.63, 3.8) is 0 Å². The zero-order chi connectivity index (χ0) is 16.1. The molecule has 0 radical (unpaired) electrons. The number of nitrogens with zero attached hydrogens (tertiary/aromatic N) is 1. The smallest absolute Gasteiger partial charge is 0.321 e. The standard InChI is InChI=1S/C16H23ClN2O3/c1-3-22-15-9-13(17)6-7-14(15)18-16(21)19-8-4-5-12(10-19)11(2)20/h6-7,9,11-12,20H,3-5,8,10H2,1-2H3,(H,18,21). The number of anilines is 1. The second-order valence-corrected chi connectivity index (χ2v) is 6.03. The quantitative estimate of drug-likeness (QED) is 0.891. The number of carbonyl (C=O) groups excluding carboxylic acids is 1. The van der Waals surface area contributed by atoms with E-state index in [4.69, 9.17) is 16.3 Å². The Bertz CT molecular complexity index is 522. The van der Waals surface area contributed by atoms with Gasteiger partial charge in [0.1, 0.15) is 5.75 Å². The van der Waals surface area contributed by atoms with Gasteiger partial charge < -0.3 is 20.1 Å². The molecule has 22 heavy (non-hydrogen) atoms. The molecular formula is C16H23ClN2O3. The van der Waals surface area contributed by atoms with Gasteiger partial charge in [-0.15, -0.1) is 0 Å². The van der Waals surface area contributed by atoms with Crippen LogP contribution in [0.3, 0.4) is 0 Å².